The molecule has 2 heterocycles. The predicted molar refractivity (Wildman–Crippen MR) is 216 cm³/mol. The van der Waals surface area contributed by atoms with Gasteiger partial charge in [-0.15, -0.1) is 30.3 Å². The number of ether oxygens (including phenoxy) is 4. The zero-order chi connectivity index (χ0) is 45.8. The van der Waals surface area contributed by atoms with E-state index in [-0.39, 0.29) is 47.5 Å². The zero-order valence-electron chi connectivity index (χ0n) is 33.0. The minimum Gasteiger partial charge on any atom is -0.463 e. The highest BCUT2D eigenvalue weighted by molar-refractivity contribution is 6.33. The highest BCUT2D eigenvalue weighted by atomic mass is 35.5. The van der Waals surface area contributed by atoms with Crippen molar-refractivity contribution in [3.8, 4) is 0 Å². The van der Waals surface area contributed by atoms with E-state index in [4.69, 9.17) is 42.1 Å². The lowest BCUT2D eigenvalue weighted by atomic mass is 10.1. The molecule has 336 valence electrons. The van der Waals surface area contributed by atoms with Gasteiger partial charge in [-0.25, -0.2) is 8.78 Å². The minimum absolute atomic E-state index is 0.0269. The van der Waals surface area contributed by atoms with Gasteiger partial charge in [0.2, 0.25) is 0 Å². The Morgan fingerprint density at radius 1 is 0.730 bits per heavy atom. The Morgan fingerprint density at radius 3 is 1.73 bits per heavy atom. The van der Waals surface area contributed by atoms with Gasteiger partial charge < -0.3 is 44.1 Å². The van der Waals surface area contributed by atoms with Crippen molar-refractivity contribution in [1.82, 2.24) is 0 Å². The molecule has 6 rings (SSSR count). The van der Waals surface area contributed by atoms with Crippen LogP contribution in [-0.4, -0.2) is 84.1 Å². The number of aryl methyl sites for hydroxylation is 2. The first-order chi connectivity index (χ1) is 30.0. The third kappa shape index (κ3) is 13.7. The number of nitrogens with zero attached hydrogens (tertiary/aromatic N) is 3. The molecule has 5 atom stereocenters. The summed E-state index contributed by atoms with van der Waals surface area (Å²) < 4.78 is 49.8. The van der Waals surface area contributed by atoms with Crippen molar-refractivity contribution in [3.63, 3.8) is 0 Å². The molecule has 2 fully saturated rings. The van der Waals surface area contributed by atoms with Gasteiger partial charge >= 0.3 is 11.9 Å². The Morgan fingerprint density at radius 2 is 1.24 bits per heavy atom. The standard InChI is InChI=1S/C21H20ClFN2O7.C18H17ClFN3O8/c1-11-5-6-15(24-19-13(22)3-2-4-14(19)23)12(7-11)8-18(26)31-16-9-29-21-17(32-25(27)28)10-30-20(16)21;1-11-5-6-16(21-18-14(19)3-2-4-15(18)20)12(7-11)8-17(24)29-9-13(31-23(27)28)10-30-22(25)26/h2-7,16-17,20-21,24H,8-10H2,1H3;2-7,13,21H,8-10H2,1H3. The van der Waals surface area contributed by atoms with Gasteiger partial charge in [0.25, 0.3) is 15.3 Å². The maximum Gasteiger partial charge on any atom is 0.310 e. The molecule has 0 amide bonds. The fourth-order valence-electron chi connectivity index (χ4n) is 6.35. The average molecular weight is 925 g/mol. The van der Waals surface area contributed by atoms with Gasteiger partial charge in [0.15, 0.2) is 18.3 Å². The Balaban J connectivity index is 0.000000238. The number of benzene rings is 4. The quantitative estimate of drug-likeness (QED) is 0.0594. The molecule has 5 unspecified atom stereocenters. The molecular weight excluding hydrogens is 887 g/mol. The Labute approximate surface area is 365 Å². The minimum atomic E-state index is -1.49. The molecule has 0 radical (unpaired) electrons. The van der Waals surface area contributed by atoms with E-state index in [1.54, 1.807) is 43.3 Å². The SMILES string of the molecule is Cc1ccc(Nc2c(F)cccc2Cl)c(CC(=O)OC2COC3C(O[N+](=O)[O-])COC23)c1.Cc1ccc(Nc2c(F)cccc2Cl)c(CC(=O)OCC(CO[N+](=O)[O-])O[N+](=O)[O-])c1. The molecule has 0 aliphatic carbocycles. The number of carbonyl (C=O) groups excluding carboxylic acids is 2. The first-order valence-corrected chi connectivity index (χ1v) is 19.3. The van der Waals surface area contributed by atoms with E-state index < -0.39 is 82.6 Å². The van der Waals surface area contributed by atoms with Gasteiger partial charge in [-0.3, -0.25) is 9.59 Å². The second-order valence-electron chi connectivity index (χ2n) is 13.8. The number of halogens is 4. The van der Waals surface area contributed by atoms with E-state index in [1.807, 2.05) is 13.0 Å². The van der Waals surface area contributed by atoms with Crippen LogP contribution in [0.15, 0.2) is 72.8 Å². The van der Waals surface area contributed by atoms with Crippen molar-refractivity contribution in [2.45, 2.75) is 57.2 Å². The maximum absolute atomic E-state index is 14.2. The molecule has 0 spiro atoms. The van der Waals surface area contributed by atoms with Gasteiger partial charge in [-0.2, -0.15) is 0 Å². The van der Waals surface area contributed by atoms with E-state index in [0.29, 0.717) is 22.5 Å². The van der Waals surface area contributed by atoms with Crippen LogP contribution in [0, 0.1) is 55.8 Å². The zero-order valence-corrected chi connectivity index (χ0v) is 34.5. The second kappa shape index (κ2) is 21.9. The summed E-state index contributed by atoms with van der Waals surface area (Å²) in [7, 11) is 0. The Hall–Kier alpha value is -6.62. The number of hydrogen-bond acceptors (Lipinski definition) is 17. The number of esters is 2. The van der Waals surface area contributed by atoms with Crippen molar-refractivity contribution in [1.29, 1.82) is 0 Å². The molecule has 20 nitrogen and oxygen atoms in total. The van der Waals surface area contributed by atoms with Crippen LogP contribution in [0.2, 0.25) is 10.0 Å². The van der Waals surface area contributed by atoms with E-state index >= 15 is 0 Å². The van der Waals surface area contributed by atoms with E-state index in [1.165, 1.54) is 30.3 Å². The molecule has 4 aromatic rings. The third-order valence-electron chi connectivity index (χ3n) is 9.13. The van der Waals surface area contributed by atoms with Gasteiger partial charge in [0.1, 0.15) is 37.1 Å². The van der Waals surface area contributed by atoms with Gasteiger partial charge in [-0.1, -0.05) is 70.7 Å². The Bertz CT molecular complexity index is 2290. The average Bonchev–Trinajstić information content (AvgIpc) is 3.79. The number of hydrogen-bond donors (Lipinski definition) is 2. The van der Waals surface area contributed by atoms with Crippen LogP contribution in [0.1, 0.15) is 22.3 Å². The fraction of sp³-hybridized carbons (Fsp3) is 0.333. The topological polar surface area (TPSA) is 252 Å². The summed E-state index contributed by atoms with van der Waals surface area (Å²) in [6, 6.07) is 18.9. The van der Waals surface area contributed by atoms with Crippen molar-refractivity contribution in [2.75, 3.05) is 37.1 Å². The van der Waals surface area contributed by atoms with Crippen LogP contribution in [0.4, 0.5) is 31.5 Å². The van der Waals surface area contributed by atoms with Crippen LogP contribution >= 0.6 is 23.2 Å². The van der Waals surface area contributed by atoms with Crippen LogP contribution in [0.3, 0.4) is 0 Å². The third-order valence-corrected chi connectivity index (χ3v) is 9.76. The molecule has 24 heteroatoms. The summed E-state index contributed by atoms with van der Waals surface area (Å²) in [6.07, 6.45) is -4.77. The van der Waals surface area contributed by atoms with Crippen LogP contribution in [0.5, 0.6) is 0 Å². The van der Waals surface area contributed by atoms with E-state index in [9.17, 15) is 48.7 Å². The first kappa shape index (κ1) is 47.4. The van der Waals surface area contributed by atoms with Crippen molar-refractivity contribution < 1.29 is 67.1 Å². The lowest BCUT2D eigenvalue weighted by molar-refractivity contribution is -0.790. The number of rotatable bonds is 18. The van der Waals surface area contributed by atoms with Gasteiger partial charge in [-0.05, 0) is 61.4 Å². The van der Waals surface area contributed by atoms with Crippen LogP contribution in [0.25, 0.3) is 0 Å². The van der Waals surface area contributed by atoms with Gasteiger partial charge in [0, 0.05) is 11.4 Å². The molecule has 0 aromatic heterocycles. The molecule has 63 heavy (non-hydrogen) atoms. The lowest BCUT2D eigenvalue weighted by Gasteiger charge is -2.18. The maximum atomic E-state index is 14.2. The number of nitrogens with one attached hydrogen (secondary N) is 2. The monoisotopic (exact) mass is 923 g/mol. The van der Waals surface area contributed by atoms with E-state index in [2.05, 4.69) is 25.1 Å². The second-order valence-corrected chi connectivity index (χ2v) is 14.6. The Kier molecular flexibility index (Phi) is 16.5. The summed E-state index contributed by atoms with van der Waals surface area (Å²) >= 11 is 12.1. The van der Waals surface area contributed by atoms with Crippen molar-refractivity contribution >= 4 is 57.9 Å². The molecule has 0 saturated carbocycles. The molecule has 2 aliphatic heterocycles. The highest BCUT2D eigenvalue weighted by Gasteiger charge is 2.51. The van der Waals surface area contributed by atoms with Crippen molar-refractivity contribution in [2.24, 2.45) is 0 Å². The fourth-order valence-corrected chi connectivity index (χ4v) is 6.77. The largest absolute Gasteiger partial charge is 0.463 e. The van der Waals surface area contributed by atoms with Crippen molar-refractivity contribution in [3.05, 3.63) is 147 Å². The molecule has 0 bridgehead atoms. The molecule has 4 aromatic carbocycles. The summed E-state index contributed by atoms with van der Waals surface area (Å²) in [5.74, 6) is -2.46. The number of anilines is 4. The van der Waals surface area contributed by atoms with Crippen LogP contribution in [-0.2, 0) is 55.9 Å². The normalized spacial score (nSPS) is 17.8. The van der Waals surface area contributed by atoms with Crippen LogP contribution < -0.4 is 10.6 Å². The predicted octanol–water partition coefficient (Wildman–Crippen LogP) is 6.76. The first-order valence-electron chi connectivity index (χ1n) is 18.6. The summed E-state index contributed by atoms with van der Waals surface area (Å²) in [4.78, 5) is 69.0. The number of para-hydroxylation sites is 2. The van der Waals surface area contributed by atoms with E-state index in [0.717, 1.165) is 11.1 Å². The highest BCUT2D eigenvalue weighted by Crippen LogP contribution is 2.34. The molecule has 2 N–H and O–H groups in total. The van der Waals surface area contributed by atoms with Gasteiger partial charge in [0.05, 0.1) is 47.5 Å². The summed E-state index contributed by atoms with van der Waals surface area (Å²) in [5.41, 5.74) is 3.78. The lowest BCUT2D eigenvalue weighted by Crippen LogP contribution is -2.36. The summed E-state index contributed by atoms with van der Waals surface area (Å²) in [5, 5.41) is 34.2. The smallest absolute Gasteiger partial charge is 0.310 e. The number of fused-ring (bicyclic) bond motifs is 1. The number of carbonyl (C=O) groups is 2. The summed E-state index contributed by atoms with van der Waals surface area (Å²) in [6.45, 7) is 2.21. The molecule has 2 saturated heterocycles. The molecule has 2 aliphatic rings. The molecular formula is C39H37Cl2F2N5O15.